The average Bonchev–Trinajstić information content (AvgIpc) is 3.33. The van der Waals surface area contributed by atoms with Crippen LogP contribution >= 0.6 is 0 Å². The summed E-state index contributed by atoms with van der Waals surface area (Å²) in [6, 6.07) is 28.6. The third-order valence-corrected chi connectivity index (χ3v) is 4.67. The largest absolute Gasteiger partial charge is 0.451 e. The minimum absolute atomic E-state index is 0.168. The molecule has 8 heteroatoms. The zero-order valence-corrected chi connectivity index (χ0v) is 17.5. The lowest BCUT2D eigenvalue weighted by atomic mass is 10.1. The van der Waals surface area contributed by atoms with Gasteiger partial charge in [-0.1, -0.05) is 66.7 Å². The SMILES string of the molecule is O=C(COC(=O)c1cc(-c2ccccc2)nn1-c1ccccc1)NNC(=O)c1ccccc1. The van der Waals surface area contributed by atoms with E-state index in [0.717, 1.165) is 5.56 Å². The standard InChI is InChI=1S/C25H20N4O4/c30-23(26-27-24(31)19-12-6-2-7-13-19)17-33-25(32)22-16-21(18-10-4-1-5-11-18)28-29(22)20-14-8-3-9-15-20/h1-16H,17H2,(H,26,30)(H,27,31). The van der Waals surface area contributed by atoms with Gasteiger partial charge in [0, 0.05) is 11.1 Å². The lowest BCUT2D eigenvalue weighted by molar-refractivity contribution is -0.125. The van der Waals surface area contributed by atoms with Gasteiger partial charge in [-0.3, -0.25) is 20.4 Å². The van der Waals surface area contributed by atoms with Crippen LogP contribution in [0.4, 0.5) is 0 Å². The first-order chi connectivity index (χ1) is 16.1. The van der Waals surface area contributed by atoms with Gasteiger partial charge in [0.25, 0.3) is 11.8 Å². The number of esters is 1. The summed E-state index contributed by atoms with van der Waals surface area (Å²) >= 11 is 0. The number of nitrogens with one attached hydrogen (secondary N) is 2. The number of para-hydroxylation sites is 1. The quantitative estimate of drug-likeness (QED) is 0.354. The first kappa shape index (κ1) is 21.5. The van der Waals surface area contributed by atoms with E-state index in [2.05, 4.69) is 16.0 Å². The number of hydrazine groups is 1. The number of ether oxygens (including phenoxy) is 1. The first-order valence-corrected chi connectivity index (χ1v) is 10.1. The van der Waals surface area contributed by atoms with Gasteiger partial charge in [-0.25, -0.2) is 9.48 Å². The maximum Gasteiger partial charge on any atom is 0.357 e. The predicted octanol–water partition coefficient (Wildman–Crippen LogP) is 3.16. The van der Waals surface area contributed by atoms with E-state index in [0.29, 0.717) is 16.9 Å². The summed E-state index contributed by atoms with van der Waals surface area (Å²) in [7, 11) is 0. The maximum absolute atomic E-state index is 12.8. The second-order valence-electron chi connectivity index (χ2n) is 6.97. The smallest absolute Gasteiger partial charge is 0.357 e. The van der Waals surface area contributed by atoms with Crippen LogP contribution in [0.25, 0.3) is 16.9 Å². The molecule has 1 heterocycles. The van der Waals surface area contributed by atoms with E-state index in [1.54, 1.807) is 36.4 Å². The lowest BCUT2D eigenvalue weighted by Gasteiger charge is -2.09. The molecular weight excluding hydrogens is 420 g/mol. The number of hydrogen-bond donors (Lipinski definition) is 2. The molecule has 0 unspecified atom stereocenters. The van der Waals surface area contributed by atoms with Gasteiger partial charge in [0.2, 0.25) is 0 Å². The van der Waals surface area contributed by atoms with Gasteiger partial charge in [-0.15, -0.1) is 0 Å². The summed E-state index contributed by atoms with van der Waals surface area (Å²) in [6.07, 6.45) is 0. The minimum atomic E-state index is -0.724. The van der Waals surface area contributed by atoms with Gasteiger partial charge in [-0.2, -0.15) is 5.10 Å². The Balaban J connectivity index is 1.44. The number of aromatic nitrogens is 2. The van der Waals surface area contributed by atoms with E-state index in [9.17, 15) is 14.4 Å². The summed E-state index contributed by atoms with van der Waals surface area (Å²) in [4.78, 5) is 36.9. The molecule has 0 bridgehead atoms. The van der Waals surface area contributed by atoms with Crippen molar-refractivity contribution < 1.29 is 19.1 Å². The summed E-state index contributed by atoms with van der Waals surface area (Å²) in [5.41, 5.74) is 7.15. The zero-order valence-electron chi connectivity index (χ0n) is 17.5. The molecule has 1 aromatic heterocycles. The first-order valence-electron chi connectivity index (χ1n) is 10.1. The Hall–Kier alpha value is -4.72. The van der Waals surface area contributed by atoms with Crippen LogP contribution in [0.2, 0.25) is 0 Å². The fraction of sp³-hybridized carbons (Fsp3) is 0.0400. The van der Waals surface area contributed by atoms with Gasteiger partial charge < -0.3 is 4.74 Å². The van der Waals surface area contributed by atoms with E-state index in [-0.39, 0.29) is 5.69 Å². The van der Waals surface area contributed by atoms with Crippen LogP contribution in [0.5, 0.6) is 0 Å². The van der Waals surface area contributed by atoms with Crippen LogP contribution in [0.1, 0.15) is 20.8 Å². The zero-order chi connectivity index (χ0) is 23.0. The highest BCUT2D eigenvalue weighted by atomic mass is 16.5. The van der Waals surface area contributed by atoms with Crippen LogP contribution in [-0.4, -0.2) is 34.2 Å². The molecule has 33 heavy (non-hydrogen) atoms. The number of hydrogen-bond acceptors (Lipinski definition) is 5. The van der Waals surface area contributed by atoms with Gasteiger partial charge in [0.1, 0.15) is 0 Å². The molecule has 3 aromatic carbocycles. The number of amides is 2. The number of carbonyl (C=O) groups excluding carboxylic acids is 3. The van der Waals surface area contributed by atoms with Crippen molar-refractivity contribution in [3.8, 4) is 16.9 Å². The molecule has 0 saturated heterocycles. The molecule has 0 aliphatic carbocycles. The summed E-state index contributed by atoms with van der Waals surface area (Å²) < 4.78 is 6.65. The topological polar surface area (TPSA) is 102 Å². The van der Waals surface area contributed by atoms with E-state index in [4.69, 9.17) is 4.74 Å². The van der Waals surface area contributed by atoms with Gasteiger partial charge in [-0.05, 0) is 30.3 Å². The van der Waals surface area contributed by atoms with Gasteiger partial charge in [0.05, 0.1) is 11.4 Å². The molecule has 0 fully saturated rings. The monoisotopic (exact) mass is 440 g/mol. The van der Waals surface area contributed by atoms with Crippen LogP contribution in [0, 0.1) is 0 Å². The van der Waals surface area contributed by atoms with E-state index < -0.39 is 24.4 Å². The number of nitrogens with zero attached hydrogens (tertiary/aromatic N) is 2. The van der Waals surface area contributed by atoms with E-state index >= 15 is 0 Å². The molecular formula is C25H20N4O4. The molecule has 2 amide bonds. The Bertz CT molecular complexity index is 1260. The predicted molar refractivity (Wildman–Crippen MR) is 121 cm³/mol. The summed E-state index contributed by atoms with van der Waals surface area (Å²) in [5, 5.41) is 4.55. The maximum atomic E-state index is 12.8. The van der Waals surface area contributed by atoms with Crippen molar-refractivity contribution in [1.82, 2.24) is 20.6 Å². The van der Waals surface area contributed by atoms with Crippen molar-refractivity contribution in [2.75, 3.05) is 6.61 Å². The van der Waals surface area contributed by atoms with Gasteiger partial charge in [0.15, 0.2) is 12.3 Å². The third-order valence-electron chi connectivity index (χ3n) is 4.67. The second-order valence-corrected chi connectivity index (χ2v) is 6.97. The fourth-order valence-electron chi connectivity index (χ4n) is 3.07. The molecule has 0 atom stereocenters. The van der Waals surface area contributed by atoms with Crippen LogP contribution in [0.15, 0.2) is 97.1 Å². The van der Waals surface area contributed by atoms with Gasteiger partial charge >= 0.3 is 5.97 Å². The molecule has 0 aliphatic rings. The Kier molecular flexibility index (Phi) is 6.56. The molecule has 0 radical (unpaired) electrons. The highest BCUT2D eigenvalue weighted by Gasteiger charge is 2.20. The average molecular weight is 440 g/mol. The fourth-order valence-corrected chi connectivity index (χ4v) is 3.07. The molecule has 0 spiro atoms. The van der Waals surface area contributed by atoms with E-state index in [1.165, 1.54) is 4.68 Å². The Labute approximate surface area is 189 Å². The summed E-state index contributed by atoms with van der Waals surface area (Å²) in [5.74, 6) is -1.88. The highest BCUT2D eigenvalue weighted by molar-refractivity contribution is 5.96. The molecule has 4 rings (SSSR count). The normalized spacial score (nSPS) is 10.3. The Morgan fingerprint density at radius 1 is 0.788 bits per heavy atom. The van der Waals surface area contributed by atoms with Crippen LogP contribution in [0.3, 0.4) is 0 Å². The highest BCUT2D eigenvalue weighted by Crippen LogP contribution is 2.22. The third kappa shape index (κ3) is 5.31. The van der Waals surface area contributed by atoms with Crippen molar-refractivity contribution in [3.63, 3.8) is 0 Å². The van der Waals surface area contributed by atoms with Crippen LogP contribution < -0.4 is 10.9 Å². The Morgan fingerprint density at radius 3 is 2.06 bits per heavy atom. The van der Waals surface area contributed by atoms with Crippen molar-refractivity contribution in [2.24, 2.45) is 0 Å². The molecule has 0 saturated carbocycles. The molecule has 164 valence electrons. The molecule has 8 nitrogen and oxygen atoms in total. The van der Waals surface area contributed by atoms with E-state index in [1.807, 2.05) is 60.7 Å². The minimum Gasteiger partial charge on any atom is -0.451 e. The van der Waals surface area contributed by atoms with Crippen molar-refractivity contribution >= 4 is 17.8 Å². The number of rotatable bonds is 6. The number of benzene rings is 3. The Morgan fingerprint density at radius 2 is 1.39 bits per heavy atom. The van der Waals surface area contributed by atoms with Crippen molar-refractivity contribution in [1.29, 1.82) is 0 Å². The van der Waals surface area contributed by atoms with Crippen molar-refractivity contribution in [3.05, 3.63) is 108 Å². The molecule has 4 aromatic rings. The second kappa shape index (κ2) is 10.1. The molecule has 2 N–H and O–H groups in total. The number of carbonyl (C=O) groups is 3. The van der Waals surface area contributed by atoms with Crippen LogP contribution in [-0.2, 0) is 9.53 Å². The molecule has 0 aliphatic heterocycles. The lowest BCUT2D eigenvalue weighted by Crippen LogP contribution is -2.43. The van der Waals surface area contributed by atoms with Crippen molar-refractivity contribution in [2.45, 2.75) is 0 Å². The summed E-state index contributed by atoms with van der Waals surface area (Å²) in [6.45, 7) is -0.575.